The minimum atomic E-state index is -0.418. The number of nitrogens with zero attached hydrogens (tertiary/aromatic N) is 2. The van der Waals surface area contributed by atoms with E-state index >= 15 is 0 Å². The van der Waals surface area contributed by atoms with Gasteiger partial charge in [0, 0.05) is 11.4 Å². The van der Waals surface area contributed by atoms with E-state index in [0.717, 1.165) is 11.4 Å². The number of hydrogen-bond acceptors (Lipinski definition) is 5. The van der Waals surface area contributed by atoms with Crippen LogP contribution in [-0.4, -0.2) is 22.5 Å². The summed E-state index contributed by atoms with van der Waals surface area (Å²) in [5.41, 5.74) is 6.61. The highest BCUT2D eigenvalue weighted by molar-refractivity contribution is 9.10. The van der Waals surface area contributed by atoms with Crippen LogP contribution in [0.25, 0.3) is 0 Å². The molecule has 116 valence electrons. The monoisotopic (exact) mass is 368 g/mol. The molecule has 2 N–H and O–H groups in total. The molecule has 0 fully saturated rings. The van der Waals surface area contributed by atoms with Gasteiger partial charge in [0.2, 0.25) is 5.95 Å². The smallest absolute Gasteiger partial charge is 0.276 e. The fraction of sp³-hybridized carbons (Fsp3) is 0.214. The van der Waals surface area contributed by atoms with Gasteiger partial charge in [-0.1, -0.05) is 0 Å². The number of rotatable bonds is 5. The minimum absolute atomic E-state index is 0.234. The van der Waals surface area contributed by atoms with Crippen molar-refractivity contribution in [2.45, 2.75) is 13.8 Å². The molecule has 0 unspecified atom stereocenters. The lowest BCUT2D eigenvalue weighted by Gasteiger charge is -2.10. The third-order valence-corrected chi connectivity index (χ3v) is 3.17. The van der Waals surface area contributed by atoms with Gasteiger partial charge in [-0.25, -0.2) is 14.4 Å². The normalized spacial score (nSPS) is 10.2. The lowest BCUT2D eigenvalue weighted by atomic mass is 10.3. The van der Waals surface area contributed by atoms with E-state index in [1.165, 1.54) is 18.2 Å². The second-order valence-corrected chi connectivity index (χ2v) is 5.37. The lowest BCUT2D eigenvalue weighted by Crippen LogP contribution is -2.34. The summed E-state index contributed by atoms with van der Waals surface area (Å²) in [6.45, 7) is 3.43. The average molecular weight is 369 g/mol. The van der Waals surface area contributed by atoms with Crippen molar-refractivity contribution in [1.82, 2.24) is 15.4 Å². The molecule has 1 aromatic heterocycles. The first-order chi connectivity index (χ1) is 10.4. The number of hydrogen-bond donors (Lipinski definition) is 2. The van der Waals surface area contributed by atoms with Crippen molar-refractivity contribution in [3.05, 3.63) is 45.9 Å². The molecule has 0 radical (unpaired) electrons. The average Bonchev–Trinajstić information content (AvgIpc) is 2.43. The van der Waals surface area contributed by atoms with E-state index in [0.29, 0.717) is 16.2 Å². The molecular weight excluding hydrogens is 355 g/mol. The highest BCUT2D eigenvalue weighted by atomic mass is 79.9. The number of carbonyl (C=O) groups is 1. The largest absolute Gasteiger partial charge is 0.483 e. The van der Waals surface area contributed by atoms with Gasteiger partial charge in [-0.15, -0.1) is 0 Å². The molecule has 0 saturated carbocycles. The van der Waals surface area contributed by atoms with Crippen LogP contribution in [0.15, 0.2) is 28.7 Å². The molecule has 0 saturated heterocycles. The first-order valence-corrected chi connectivity index (χ1v) is 7.18. The lowest BCUT2D eigenvalue weighted by molar-refractivity contribution is -0.122. The Bertz CT molecular complexity index is 676. The van der Waals surface area contributed by atoms with Crippen LogP contribution >= 0.6 is 15.9 Å². The van der Waals surface area contributed by atoms with Gasteiger partial charge < -0.3 is 4.74 Å². The first-order valence-electron chi connectivity index (χ1n) is 6.39. The summed E-state index contributed by atoms with van der Waals surface area (Å²) in [6, 6.07) is 5.77. The molecule has 0 bridgehead atoms. The van der Waals surface area contributed by atoms with Gasteiger partial charge in [-0.05, 0) is 54.0 Å². The topological polar surface area (TPSA) is 76.1 Å². The molecule has 2 aromatic rings. The van der Waals surface area contributed by atoms with Crippen LogP contribution in [0.1, 0.15) is 11.4 Å². The molecule has 22 heavy (non-hydrogen) atoms. The Kier molecular flexibility index (Phi) is 5.26. The molecule has 0 aliphatic carbocycles. The molecule has 0 atom stereocenters. The summed E-state index contributed by atoms with van der Waals surface area (Å²) >= 11 is 3.16. The molecule has 1 aromatic carbocycles. The quantitative estimate of drug-likeness (QED) is 0.793. The van der Waals surface area contributed by atoms with Gasteiger partial charge in [-0.3, -0.25) is 15.6 Å². The highest BCUT2D eigenvalue weighted by Gasteiger charge is 2.07. The van der Waals surface area contributed by atoms with Crippen LogP contribution in [0.4, 0.5) is 10.3 Å². The standard InChI is InChI=1S/C14H14BrFN4O2/c1-8-5-9(2)18-14(17-8)20-19-13(21)7-22-12-4-3-10(16)6-11(12)15/h3-6H,7H2,1-2H3,(H,19,21)(H,17,18,20). The fourth-order valence-corrected chi connectivity index (χ4v) is 2.14. The number of amides is 1. The van der Waals surface area contributed by atoms with Crippen LogP contribution in [0.2, 0.25) is 0 Å². The number of halogens is 2. The molecule has 6 nitrogen and oxygen atoms in total. The number of nitrogens with one attached hydrogen (secondary N) is 2. The number of aryl methyl sites for hydroxylation is 2. The molecule has 8 heteroatoms. The van der Waals surface area contributed by atoms with Crippen LogP contribution < -0.4 is 15.6 Å². The van der Waals surface area contributed by atoms with Crippen LogP contribution in [0.3, 0.4) is 0 Å². The second-order valence-electron chi connectivity index (χ2n) is 4.51. The Labute approximate surface area is 135 Å². The Balaban J connectivity index is 1.85. The molecule has 1 heterocycles. The molecule has 1 amide bonds. The summed E-state index contributed by atoms with van der Waals surface area (Å²) in [5.74, 6) is -0.135. The van der Waals surface area contributed by atoms with Gasteiger partial charge >= 0.3 is 0 Å². The second kappa shape index (κ2) is 7.17. The van der Waals surface area contributed by atoms with Gasteiger partial charge in [0.25, 0.3) is 5.91 Å². The highest BCUT2D eigenvalue weighted by Crippen LogP contribution is 2.25. The van der Waals surface area contributed by atoms with Gasteiger partial charge in [0.15, 0.2) is 6.61 Å². The third-order valence-electron chi connectivity index (χ3n) is 2.55. The van der Waals surface area contributed by atoms with E-state index in [4.69, 9.17) is 4.74 Å². The predicted octanol–water partition coefficient (Wildman–Crippen LogP) is 2.52. The summed E-state index contributed by atoms with van der Waals surface area (Å²) in [7, 11) is 0. The third kappa shape index (κ3) is 4.66. The molecular formula is C14H14BrFN4O2. The van der Waals surface area contributed by atoms with E-state index in [2.05, 4.69) is 36.7 Å². The van der Waals surface area contributed by atoms with Gasteiger partial charge in [0.1, 0.15) is 11.6 Å². The maximum absolute atomic E-state index is 12.9. The first kappa shape index (κ1) is 16.2. The van der Waals surface area contributed by atoms with Crippen molar-refractivity contribution in [2.24, 2.45) is 0 Å². The number of hydrazine groups is 1. The van der Waals surface area contributed by atoms with Gasteiger partial charge in [-0.2, -0.15) is 0 Å². The van der Waals surface area contributed by atoms with E-state index in [9.17, 15) is 9.18 Å². The number of ether oxygens (including phenoxy) is 1. The van der Waals surface area contributed by atoms with E-state index < -0.39 is 11.7 Å². The zero-order chi connectivity index (χ0) is 16.1. The summed E-state index contributed by atoms with van der Waals surface area (Å²) in [6.07, 6.45) is 0. The fourth-order valence-electron chi connectivity index (χ4n) is 1.68. The van der Waals surface area contributed by atoms with Crippen LogP contribution in [-0.2, 0) is 4.79 Å². The Hall–Kier alpha value is -2.22. The Morgan fingerprint density at radius 1 is 1.27 bits per heavy atom. The van der Waals surface area contributed by atoms with E-state index in [-0.39, 0.29) is 6.61 Å². The molecule has 0 spiro atoms. The van der Waals surface area contributed by atoms with Crippen LogP contribution in [0.5, 0.6) is 5.75 Å². The number of carbonyl (C=O) groups excluding carboxylic acids is 1. The van der Waals surface area contributed by atoms with Crippen molar-refractivity contribution in [3.8, 4) is 5.75 Å². The molecule has 0 aliphatic rings. The van der Waals surface area contributed by atoms with Crippen molar-refractivity contribution in [3.63, 3.8) is 0 Å². The predicted molar refractivity (Wildman–Crippen MR) is 82.9 cm³/mol. The van der Waals surface area contributed by atoms with Crippen molar-refractivity contribution >= 4 is 27.8 Å². The summed E-state index contributed by atoms with van der Waals surface area (Å²) < 4.78 is 18.7. The maximum atomic E-state index is 12.9. The molecule has 2 rings (SSSR count). The SMILES string of the molecule is Cc1cc(C)nc(NNC(=O)COc2ccc(F)cc2Br)n1. The maximum Gasteiger partial charge on any atom is 0.276 e. The van der Waals surface area contributed by atoms with Crippen molar-refractivity contribution in [2.75, 3.05) is 12.0 Å². The molecule has 0 aliphatic heterocycles. The minimum Gasteiger partial charge on any atom is -0.483 e. The van der Waals surface area contributed by atoms with Gasteiger partial charge in [0.05, 0.1) is 4.47 Å². The van der Waals surface area contributed by atoms with Crippen LogP contribution in [0, 0.1) is 19.7 Å². The Morgan fingerprint density at radius 2 is 1.95 bits per heavy atom. The Morgan fingerprint density at radius 3 is 2.59 bits per heavy atom. The van der Waals surface area contributed by atoms with E-state index in [1.807, 2.05) is 19.9 Å². The summed E-state index contributed by atoms with van der Waals surface area (Å²) in [5, 5.41) is 0. The van der Waals surface area contributed by atoms with Crippen molar-refractivity contribution < 1.29 is 13.9 Å². The number of aromatic nitrogens is 2. The summed E-state index contributed by atoms with van der Waals surface area (Å²) in [4.78, 5) is 19.9. The zero-order valence-corrected chi connectivity index (χ0v) is 13.6. The van der Waals surface area contributed by atoms with Crippen molar-refractivity contribution in [1.29, 1.82) is 0 Å². The number of benzene rings is 1. The van der Waals surface area contributed by atoms with E-state index in [1.54, 1.807) is 0 Å². The number of anilines is 1. The zero-order valence-electron chi connectivity index (χ0n) is 12.0.